The van der Waals surface area contributed by atoms with Crippen LogP contribution >= 0.6 is 0 Å². The molecule has 0 amide bonds. The van der Waals surface area contributed by atoms with Crippen molar-refractivity contribution in [3.63, 3.8) is 0 Å². The van der Waals surface area contributed by atoms with Crippen LogP contribution in [0.4, 0.5) is 0 Å². The first-order chi connectivity index (χ1) is 22.4. The summed E-state index contributed by atoms with van der Waals surface area (Å²) in [6, 6.07) is 12.8. The standard InChI is InChI=1S/C38H46N2O6/c1-39-18-7-6-8-34(42-3)38(44-5)37-23-28(39)20-25-11-15-32(41)33(16-12-25)45-29-13-9-26(10-14-29)21-31-30-24-36(46-37)35(43-4)22-27(30)17-19-40(31)2/h8-11,13-16,22,24,28,31,41H,6-7,12,17-21,23H2,1-5H3/b34-8+,38-37?. The second-order valence-electron chi connectivity index (χ2n) is 12.6. The predicted octanol–water partition coefficient (Wildman–Crippen LogP) is 7.16. The average Bonchev–Trinajstić information content (AvgIpc) is 3.23. The Bertz CT molecular complexity index is 1580. The number of ether oxygens (including phenoxy) is 5. The molecule has 0 radical (unpaired) electrons. The highest BCUT2D eigenvalue weighted by atomic mass is 16.5. The number of aliphatic hydroxyl groups is 1. The number of allylic oxidation sites excluding steroid dienone is 4. The van der Waals surface area contributed by atoms with Crippen LogP contribution in [0.3, 0.4) is 0 Å². The number of hydrogen-bond acceptors (Lipinski definition) is 8. The van der Waals surface area contributed by atoms with Gasteiger partial charge in [0, 0.05) is 25.0 Å². The first-order valence-electron chi connectivity index (χ1n) is 16.2. The number of hydrogen-bond donors (Lipinski definition) is 1. The molecular weight excluding hydrogens is 580 g/mol. The molecule has 244 valence electrons. The van der Waals surface area contributed by atoms with Gasteiger partial charge in [-0.3, -0.25) is 4.90 Å². The molecule has 2 aromatic carbocycles. The summed E-state index contributed by atoms with van der Waals surface area (Å²) in [6.07, 6.45) is 13.4. The summed E-state index contributed by atoms with van der Waals surface area (Å²) in [4.78, 5) is 4.81. The molecule has 5 aliphatic rings. The lowest BCUT2D eigenvalue weighted by Crippen LogP contribution is -2.35. The molecule has 8 nitrogen and oxygen atoms in total. The van der Waals surface area contributed by atoms with E-state index in [1.54, 1.807) is 27.4 Å². The van der Waals surface area contributed by atoms with Gasteiger partial charge in [-0.25, -0.2) is 0 Å². The first-order valence-corrected chi connectivity index (χ1v) is 16.2. The largest absolute Gasteiger partial charge is 0.504 e. The van der Waals surface area contributed by atoms with E-state index < -0.39 is 0 Å². The molecule has 2 atom stereocenters. The fourth-order valence-corrected chi connectivity index (χ4v) is 6.89. The van der Waals surface area contributed by atoms with Gasteiger partial charge in [0.2, 0.25) is 0 Å². The minimum absolute atomic E-state index is 0.0887. The second kappa shape index (κ2) is 14.1. The Morgan fingerprint density at radius 3 is 2.43 bits per heavy atom. The van der Waals surface area contributed by atoms with Crippen molar-refractivity contribution in [2.24, 2.45) is 0 Å². The van der Waals surface area contributed by atoms with Crippen molar-refractivity contribution < 1.29 is 28.8 Å². The fourth-order valence-electron chi connectivity index (χ4n) is 6.89. The number of methoxy groups -OCH3 is 3. The van der Waals surface area contributed by atoms with Gasteiger partial charge in [0.25, 0.3) is 0 Å². The molecule has 0 saturated heterocycles. The van der Waals surface area contributed by atoms with E-state index in [0.717, 1.165) is 45.2 Å². The Labute approximate surface area is 272 Å². The molecule has 1 N–H and O–H groups in total. The maximum absolute atomic E-state index is 10.9. The van der Waals surface area contributed by atoms with Gasteiger partial charge in [0.15, 0.2) is 40.3 Å². The van der Waals surface area contributed by atoms with Crippen LogP contribution < -0.4 is 14.2 Å². The molecular formula is C38H46N2O6. The van der Waals surface area contributed by atoms with E-state index in [1.165, 1.54) is 22.3 Å². The zero-order chi connectivity index (χ0) is 32.2. The number of benzene rings is 2. The van der Waals surface area contributed by atoms with E-state index >= 15 is 0 Å². The fraction of sp³-hybridized carbons (Fsp3) is 0.421. The van der Waals surface area contributed by atoms with Gasteiger partial charge in [-0.2, -0.15) is 0 Å². The van der Waals surface area contributed by atoms with E-state index in [0.29, 0.717) is 53.1 Å². The van der Waals surface area contributed by atoms with E-state index in [-0.39, 0.29) is 17.8 Å². The summed E-state index contributed by atoms with van der Waals surface area (Å²) in [5.41, 5.74) is 4.89. The molecule has 4 aliphatic heterocycles. The molecule has 8 bridgehead atoms. The third kappa shape index (κ3) is 6.83. The summed E-state index contributed by atoms with van der Waals surface area (Å²) in [6.45, 7) is 1.87. The van der Waals surface area contributed by atoms with Gasteiger partial charge in [-0.15, -0.1) is 0 Å². The highest BCUT2D eigenvalue weighted by Gasteiger charge is 2.30. The summed E-state index contributed by atoms with van der Waals surface area (Å²) in [5.74, 6) is 4.60. The Morgan fingerprint density at radius 2 is 1.67 bits per heavy atom. The third-order valence-corrected chi connectivity index (χ3v) is 9.63. The van der Waals surface area contributed by atoms with Crippen LogP contribution in [0.2, 0.25) is 0 Å². The van der Waals surface area contributed by atoms with Crippen LogP contribution in [-0.4, -0.2) is 69.5 Å². The van der Waals surface area contributed by atoms with E-state index in [4.69, 9.17) is 23.7 Å². The molecule has 2 unspecified atom stereocenters. The SMILES string of the molecule is COC1=C2CC(CC3=CC=C(O)C(=CC3)Oc3ccc(cc3)CC3c4cc(c(OC)cc4CCN3C)O2)N(C)CCC/C=C\1OC. The van der Waals surface area contributed by atoms with Gasteiger partial charge in [0.05, 0.1) is 21.3 Å². The highest BCUT2D eigenvalue weighted by molar-refractivity contribution is 5.51. The molecule has 0 fully saturated rings. The summed E-state index contributed by atoms with van der Waals surface area (Å²) in [5, 5.41) is 10.9. The van der Waals surface area contributed by atoms with Crippen molar-refractivity contribution in [1.29, 1.82) is 0 Å². The third-order valence-electron chi connectivity index (χ3n) is 9.63. The van der Waals surface area contributed by atoms with Gasteiger partial charge in [0.1, 0.15) is 5.75 Å². The summed E-state index contributed by atoms with van der Waals surface area (Å²) in [7, 11) is 9.41. The van der Waals surface area contributed by atoms with Gasteiger partial charge < -0.3 is 33.7 Å². The van der Waals surface area contributed by atoms with Crippen LogP contribution in [0.5, 0.6) is 17.2 Å². The normalized spacial score (nSPS) is 23.9. The molecule has 4 heterocycles. The minimum atomic E-state index is 0.0887. The minimum Gasteiger partial charge on any atom is -0.504 e. The highest BCUT2D eigenvalue weighted by Crippen LogP contribution is 2.41. The van der Waals surface area contributed by atoms with Crippen molar-refractivity contribution in [2.75, 3.05) is 48.5 Å². The molecule has 46 heavy (non-hydrogen) atoms. The molecule has 1 aliphatic carbocycles. The van der Waals surface area contributed by atoms with Crippen molar-refractivity contribution in [3.05, 3.63) is 112 Å². The van der Waals surface area contributed by atoms with Gasteiger partial charge in [-0.1, -0.05) is 23.8 Å². The lowest BCUT2D eigenvalue weighted by atomic mass is 9.88. The van der Waals surface area contributed by atoms with Crippen LogP contribution in [0, 0.1) is 0 Å². The number of rotatable bonds is 3. The predicted molar refractivity (Wildman–Crippen MR) is 179 cm³/mol. The van der Waals surface area contributed by atoms with Gasteiger partial charge in [-0.05, 0) is 118 Å². The smallest absolute Gasteiger partial charge is 0.199 e. The number of nitrogens with zero attached hydrogens (tertiary/aromatic N) is 2. The van der Waals surface area contributed by atoms with E-state index in [2.05, 4.69) is 54.2 Å². The number of fused-ring (bicyclic) bond motifs is 2. The van der Waals surface area contributed by atoms with Crippen LogP contribution in [0.1, 0.15) is 54.8 Å². The monoisotopic (exact) mass is 626 g/mol. The maximum Gasteiger partial charge on any atom is 0.199 e. The lowest BCUT2D eigenvalue weighted by Gasteiger charge is -2.35. The van der Waals surface area contributed by atoms with E-state index in [1.807, 2.05) is 24.3 Å². The van der Waals surface area contributed by atoms with Crippen LogP contribution in [0.25, 0.3) is 0 Å². The maximum atomic E-state index is 10.9. The molecule has 8 heteroatoms. The average molecular weight is 627 g/mol. The van der Waals surface area contributed by atoms with Crippen LogP contribution in [-0.2, 0) is 22.3 Å². The molecule has 7 rings (SSSR count). The Hall–Kier alpha value is -4.14. The van der Waals surface area contributed by atoms with Crippen molar-refractivity contribution >= 4 is 0 Å². The Morgan fingerprint density at radius 1 is 0.848 bits per heavy atom. The molecule has 0 aromatic heterocycles. The van der Waals surface area contributed by atoms with Crippen molar-refractivity contribution in [1.82, 2.24) is 9.80 Å². The van der Waals surface area contributed by atoms with E-state index in [9.17, 15) is 5.11 Å². The van der Waals surface area contributed by atoms with Crippen molar-refractivity contribution in [3.8, 4) is 17.2 Å². The Balaban J connectivity index is 1.52. The number of likely N-dealkylation sites (N-methyl/N-ethyl adjacent to an activating group) is 1. The second-order valence-corrected chi connectivity index (χ2v) is 12.6. The molecule has 0 spiro atoms. The number of aliphatic hydroxyl groups excluding tert-OH is 1. The van der Waals surface area contributed by atoms with Gasteiger partial charge >= 0.3 is 0 Å². The first kappa shape index (κ1) is 31.8. The zero-order valence-corrected chi connectivity index (χ0v) is 27.7. The molecule has 2 aromatic rings. The summed E-state index contributed by atoms with van der Waals surface area (Å²) >= 11 is 0. The topological polar surface area (TPSA) is 72.9 Å². The molecule has 0 saturated carbocycles. The Kier molecular flexibility index (Phi) is 9.75. The lowest BCUT2D eigenvalue weighted by molar-refractivity contribution is 0.176. The summed E-state index contributed by atoms with van der Waals surface area (Å²) < 4.78 is 31.0. The van der Waals surface area contributed by atoms with Crippen molar-refractivity contribution in [2.45, 2.75) is 57.0 Å². The quantitative estimate of drug-likeness (QED) is 0.385. The van der Waals surface area contributed by atoms with Crippen LogP contribution in [0.15, 0.2) is 95.1 Å². The zero-order valence-electron chi connectivity index (χ0n) is 27.7.